The van der Waals surface area contributed by atoms with Crippen LogP contribution < -0.4 is 5.73 Å². The summed E-state index contributed by atoms with van der Waals surface area (Å²) in [6.45, 7) is 6.07. The highest BCUT2D eigenvalue weighted by Crippen LogP contribution is 2.33. The van der Waals surface area contributed by atoms with Gasteiger partial charge in [0.15, 0.2) is 0 Å². The second-order valence-corrected chi connectivity index (χ2v) is 6.16. The molecule has 18 heavy (non-hydrogen) atoms. The second-order valence-electron chi connectivity index (χ2n) is 6.16. The van der Waals surface area contributed by atoms with Gasteiger partial charge in [-0.1, -0.05) is 51.5 Å². The van der Waals surface area contributed by atoms with E-state index in [4.69, 9.17) is 5.73 Å². The zero-order valence-corrected chi connectivity index (χ0v) is 12.4. The first-order chi connectivity index (χ1) is 8.77. The minimum atomic E-state index is 0.469. The Kier molecular flexibility index (Phi) is 8.41. The summed E-state index contributed by atoms with van der Waals surface area (Å²) in [4.78, 5) is 0. The van der Waals surface area contributed by atoms with Crippen LogP contribution in [-0.2, 0) is 0 Å². The van der Waals surface area contributed by atoms with Gasteiger partial charge in [-0.05, 0) is 43.9 Å². The Morgan fingerprint density at radius 3 is 2.50 bits per heavy atom. The predicted octanol–water partition coefficient (Wildman–Crippen LogP) is 5.06. The molecule has 106 valence electrons. The normalized spacial score (nSPS) is 25.9. The third-order valence-corrected chi connectivity index (χ3v) is 4.64. The first kappa shape index (κ1) is 15.8. The van der Waals surface area contributed by atoms with E-state index in [0.717, 1.165) is 18.3 Å². The fraction of sp³-hybridized carbons (Fsp3) is 0.882. The number of unbranched alkanes of at least 4 members (excludes halogenated alkanes) is 3. The van der Waals surface area contributed by atoms with Crippen molar-refractivity contribution in [3.8, 4) is 0 Å². The molecule has 0 aromatic carbocycles. The summed E-state index contributed by atoms with van der Waals surface area (Å²) >= 11 is 0. The molecule has 1 aliphatic rings. The summed E-state index contributed by atoms with van der Waals surface area (Å²) in [6, 6.07) is 0.469. The van der Waals surface area contributed by atoms with Gasteiger partial charge in [0.05, 0.1) is 0 Å². The molecule has 1 aliphatic carbocycles. The van der Waals surface area contributed by atoms with E-state index in [0.29, 0.717) is 6.04 Å². The van der Waals surface area contributed by atoms with Crippen molar-refractivity contribution < 1.29 is 0 Å². The van der Waals surface area contributed by atoms with Gasteiger partial charge in [-0.15, -0.1) is 6.58 Å². The zero-order chi connectivity index (χ0) is 13.2. The van der Waals surface area contributed by atoms with Crippen LogP contribution in [0.1, 0.15) is 77.6 Å². The lowest BCUT2D eigenvalue weighted by molar-refractivity contribution is 0.226. The minimum absolute atomic E-state index is 0.469. The molecule has 0 heterocycles. The number of nitrogens with two attached hydrogens (primary N) is 1. The number of allylic oxidation sites excluding steroid dienone is 1. The van der Waals surface area contributed by atoms with Crippen molar-refractivity contribution in [2.45, 2.75) is 83.6 Å². The van der Waals surface area contributed by atoms with E-state index in [1.807, 2.05) is 6.08 Å². The maximum Gasteiger partial charge on any atom is 0.00671 e. The Morgan fingerprint density at radius 2 is 1.89 bits per heavy atom. The van der Waals surface area contributed by atoms with Crippen LogP contribution >= 0.6 is 0 Å². The van der Waals surface area contributed by atoms with E-state index in [-0.39, 0.29) is 0 Å². The molecule has 1 saturated carbocycles. The molecule has 0 radical (unpaired) electrons. The lowest BCUT2D eigenvalue weighted by atomic mass is 9.76. The first-order valence-corrected chi connectivity index (χ1v) is 8.14. The van der Waals surface area contributed by atoms with Gasteiger partial charge in [-0.2, -0.15) is 0 Å². The molecule has 1 atom stereocenters. The van der Waals surface area contributed by atoms with Crippen LogP contribution in [0.25, 0.3) is 0 Å². The van der Waals surface area contributed by atoms with Crippen LogP contribution in [0.15, 0.2) is 12.7 Å². The van der Waals surface area contributed by atoms with Gasteiger partial charge in [-0.25, -0.2) is 0 Å². The molecule has 0 saturated heterocycles. The fourth-order valence-corrected chi connectivity index (χ4v) is 3.39. The highest BCUT2D eigenvalue weighted by molar-refractivity contribution is 4.80. The standard InChI is InChI=1S/C17H33N/c1-3-5-6-7-8-10-17(18)16-13-11-15(9-4-2)12-14-16/h3,15-17H,1,4-14,18H2,2H3. The predicted molar refractivity (Wildman–Crippen MR) is 81.6 cm³/mol. The Morgan fingerprint density at radius 1 is 1.17 bits per heavy atom. The molecule has 2 N–H and O–H groups in total. The van der Waals surface area contributed by atoms with E-state index in [1.165, 1.54) is 64.2 Å². The van der Waals surface area contributed by atoms with E-state index in [1.54, 1.807) is 0 Å². The smallest absolute Gasteiger partial charge is 0.00671 e. The van der Waals surface area contributed by atoms with Crippen molar-refractivity contribution in [2.75, 3.05) is 0 Å². The third kappa shape index (κ3) is 6.04. The zero-order valence-electron chi connectivity index (χ0n) is 12.4. The monoisotopic (exact) mass is 251 g/mol. The largest absolute Gasteiger partial charge is 0.327 e. The summed E-state index contributed by atoms with van der Waals surface area (Å²) in [5, 5.41) is 0. The molecule has 1 nitrogen and oxygen atoms in total. The average Bonchev–Trinajstić information content (AvgIpc) is 2.39. The molecule has 0 bridgehead atoms. The molecule has 0 aromatic heterocycles. The molecule has 1 unspecified atom stereocenters. The van der Waals surface area contributed by atoms with Crippen LogP contribution in [0.5, 0.6) is 0 Å². The molecule has 1 rings (SSSR count). The highest BCUT2D eigenvalue weighted by atomic mass is 14.6. The van der Waals surface area contributed by atoms with E-state index >= 15 is 0 Å². The molecule has 1 heteroatoms. The van der Waals surface area contributed by atoms with Gasteiger partial charge < -0.3 is 5.73 Å². The summed E-state index contributed by atoms with van der Waals surface area (Å²) in [5.41, 5.74) is 6.36. The van der Waals surface area contributed by atoms with E-state index in [2.05, 4.69) is 13.5 Å². The van der Waals surface area contributed by atoms with Crippen LogP contribution in [0.2, 0.25) is 0 Å². The summed E-state index contributed by atoms with van der Waals surface area (Å²) in [6.07, 6.45) is 16.8. The highest BCUT2D eigenvalue weighted by Gasteiger charge is 2.24. The lowest BCUT2D eigenvalue weighted by Crippen LogP contribution is -2.33. The number of hydrogen-bond acceptors (Lipinski definition) is 1. The van der Waals surface area contributed by atoms with Crippen LogP contribution in [0.4, 0.5) is 0 Å². The van der Waals surface area contributed by atoms with E-state index in [9.17, 15) is 0 Å². The van der Waals surface area contributed by atoms with Crippen molar-refractivity contribution in [3.05, 3.63) is 12.7 Å². The van der Waals surface area contributed by atoms with Crippen molar-refractivity contribution in [3.63, 3.8) is 0 Å². The van der Waals surface area contributed by atoms with Crippen LogP contribution in [-0.4, -0.2) is 6.04 Å². The minimum Gasteiger partial charge on any atom is -0.327 e. The number of rotatable bonds is 9. The van der Waals surface area contributed by atoms with Gasteiger partial charge in [0, 0.05) is 6.04 Å². The third-order valence-electron chi connectivity index (χ3n) is 4.64. The Hall–Kier alpha value is -0.300. The quantitative estimate of drug-likeness (QED) is 0.450. The first-order valence-electron chi connectivity index (χ1n) is 8.14. The molecule has 1 fully saturated rings. The second kappa shape index (κ2) is 9.61. The van der Waals surface area contributed by atoms with Crippen molar-refractivity contribution >= 4 is 0 Å². The topological polar surface area (TPSA) is 26.0 Å². The maximum atomic E-state index is 6.36. The molecular formula is C17H33N. The van der Waals surface area contributed by atoms with Gasteiger partial charge in [0.25, 0.3) is 0 Å². The molecule has 0 aliphatic heterocycles. The summed E-state index contributed by atoms with van der Waals surface area (Å²) in [5.74, 6) is 1.82. The SMILES string of the molecule is C=CCCCCCC(N)C1CCC(CCC)CC1. The number of hydrogen-bond donors (Lipinski definition) is 1. The maximum absolute atomic E-state index is 6.36. The lowest BCUT2D eigenvalue weighted by Gasteiger charge is -2.32. The van der Waals surface area contributed by atoms with Crippen molar-refractivity contribution in [1.29, 1.82) is 0 Å². The van der Waals surface area contributed by atoms with Crippen molar-refractivity contribution in [2.24, 2.45) is 17.6 Å². The molecule has 0 aromatic rings. The van der Waals surface area contributed by atoms with Crippen molar-refractivity contribution in [1.82, 2.24) is 0 Å². The fourth-order valence-electron chi connectivity index (χ4n) is 3.39. The Labute approximate surface area is 114 Å². The molecule has 0 spiro atoms. The van der Waals surface area contributed by atoms with Crippen LogP contribution in [0.3, 0.4) is 0 Å². The molecular weight excluding hydrogens is 218 g/mol. The molecule has 0 amide bonds. The van der Waals surface area contributed by atoms with Gasteiger partial charge in [-0.3, -0.25) is 0 Å². The van der Waals surface area contributed by atoms with Gasteiger partial charge in [0.1, 0.15) is 0 Å². The summed E-state index contributed by atoms with van der Waals surface area (Å²) < 4.78 is 0. The average molecular weight is 251 g/mol. The Balaban J connectivity index is 2.08. The summed E-state index contributed by atoms with van der Waals surface area (Å²) in [7, 11) is 0. The Bertz CT molecular complexity index is 204. The van der Waals surface area contributed by atoms with Gasteiger partial charge in [0.2, 0.25) is 0 Å². The van der Waals surface area contributed by atoms with Gasteiger partial charge >= 0.3 is 0 Å². The van der Waals surface area contributed by atoms with Crippen LogP contribution in [0, 0.1) is 11.8 Å². The van der Waals surface area contributed by atoms with E-state index < -0.39 is 0 Å².